The smallest absolute Gasteiger partial charge is 0.280 e. The van der Waals surface area contributed by atoms with Gasteiger partial charge in [-0.15, -0.1) is 0 Å². The lowest BCUT2D eigenvalue weighted by Gasteiger charge is -2.00. The molecule has 1 rings (SSSR count). The molecule has 12 heavy (non-hydrogen) atoms. The third kappa shape index (κ3) is 1.74. The highest BCUT2D eigenvalue weighted by molar-refractivity contribution is 9.08. The molecule has 68 valence electrons. The highest BCUT2D eigenvalue weighted by Gasteiger charge is 2.37. The van der Waals surface area contributed by atoms with Gasteiger partial charge in [0.05, 0.1) is 10.7 Å². The molecule has 0 saturated carbocycles. The topological polar surface area (TPSA) is 28.7 Å². The minimum absolute atomic E-state index is 0.217. The Morgan fingerprint density at radius 1 is 1.50 bits per heavy atom. The minimum Gasteiger partial charge on any atom is -0.280 e. The van der Waals surface area contributed by atoms with Crippen LogP contribution in [0.15, 0.2) is 0 Å². The molecule has 0 saturated heterocycles. The maximum Gasteiger partial charge on any atom is 0.436 e. The SMILES string of the molecule is FC(F)(F)c1n[nH]c(CBr)c1Cl. The van der Waals surface area contributed by atoms with Gasteiger partial charge in [-0.1, -0.05) is 27.5 Å². The molecular weight excluding hydrogens is 260 g/mol. The summed E-state index contributed by atoms with van der Waals surface area (Å²) in [6, 6.07) is 0. The Kier molecular flexibility index (Phi) is 2.67. The van der Waals surface area contributed by atoms with Gasteiger partial charge in [0.15, 0.2) is 5.69 Å². The largest absolute Gasteiger partial charge is 0.436 e. The average molecular weight is 263 g/mol. The van der Waals surface area contributed by atoms with E-state index in [0.717, 1.165) is 0 Å². The van der Waals surface area contributed by atoms with Gasteiger partial charge in [0.1, 0.15) is 0 Å². The number of nitrogens with zero attached hydrogens (tertiary/aromatic N) is 1. The average Bonchev–Trinajstić information content (AvgIpc) is 2.29. The van der Waals surface area contributed by atoms with Crippen molar-refractivity contribution < 1.29 is 13.2 Å². The molecule has 0 aliphatic heterocycles. The van der Waals surface area contributed by atoms with Crippen molar-refractivity contribution in [2.24, 2.45) is 0 Å². The van der Waals surface area contributed by atoms with Crippen molar-refractivity contribution in [2.45, 2.75) is 11.5 Å². The lowest BCUT2D eigenvalue weighted by atomic mass is 10.3. The number of alkyl halides is 4. The van der Waals surface area contributed by atoms with Gasteiger partial charge in [-0.3, -0.25) is 5.10 Å². The quantitative estimate of drug-likeness (QED) is 0.775. The molecule has 7 heteroatoms. The van der Waals surface area contributed by atoms with Crippen molar-refractivity contribution in [3.05, 3.63) is 16.4 Å². The van der Waals surface area contributed by atoms with E-state index < -0.39 is 11.9 Å². The number of rotatable bonds is 1. The molecule has 0 fully saturated rings. The van der Waals surface area contributed by atoms with Gasteiger partial charge in [-0.05, 0) is 0 Å². The van der Waals surface area contributed by atoms with Crippen molar-refractivity contribution in [2.75, 3.05) is 0 Å². The highest BCUT2D eigenvalue weighted by atomic mass is 79.9. The molecule has 1 heterocycles. The van der Waals surface area contributed by atoms with Gasteiger partial charge in [-0.2, -0.15) is 18.3 Å². The van der Waals surface area contributed by atoms with Crippen molar-refractivity contribution in [3.63, 3.8) is 0 Å². The molecule has 0 aliphatic carbocycles. The summed E-state index contributed by atoms with van der Waals surface area (Å²) in [4.78, 5) is 0. The van der Waals surface area contributed by atoms with E-state index in [0.29, 0.717) is 0 Å². The van der Waals surface area contributed by atoms with Crippen LogP contribution < -0.4 is 0 Å². The Balaban J connectivity index is 3.11. The maximum atomic E-state index is 12.0. The molecule has 2 nitrogen and oxygen atoms in total. The Bertz CT molecular complexity index is 283. The normalized spacial score (nSPS) is 12.1. The van der Waals surface area contributed by atoms with E-state index >= 15 is 0 Å². The van der Waals surface area contributed by atoms with E-state index in [4.69, 9.17) is 11.6 Å². The van der Waals surface area contributed by atoms with Gasteiger partial charge in [0.2, 0.25) is 0 Å². The molecule has 1 aromatic rings. The number of aromatic nitrogens is 2. The third-order valence-corrected chi connectivity index (χ3v) is 2.15. The number of hydrogen-bond donors (Lipinski definition) is 1. The van der Waals surface area contributed by atoms with Crippen molar-refractivity contribution in [1.82, 2.24) is 10.2 Å². The van der Waals surface area contributed by atoms with Crippen molar-refractivity contribution in [1.29, 1.82) is 0 Å². The molecule has 1 N–H and O–H groups in total. The lowest BCUT2D eigenvalue weighted by molar-refractivity contribution is -0.141. The van der Waals surface area contributed by atoms with Crippen LogP contribution in [0.5, 0.6) is 0 Å². The fourth-order valence-electron chi connectivity index (χ4n) is 0.641. The first-order valence-corrected chi connectivity index (χ1v) is 4.32. The van der Waals surface area contributed by atoms with Crippen LogP contribution >= 0.6 is 27.5 Å². The van der Waals surface area contributed by atoms with Crippen LogP contribution in [-0.4, -0.2) is 10.2 Å². The zero-order chi connectivity index (χ0) is 9.35. The van der Waals surface area contributed by atoms with Gasteiger partial charge < -0.3 is 0 Å². The summed E-state index contributed by atoms with van der Waals surface area (Å²) in [7, 11) is 0. The molecular formula is C5H3BrClF3N2. The fourth-order valence-corrected chi connectivity index (χ4v) is 1.47. The molecule has 0 atom stereocenters. The van der Waals surface area contributed by atoms with Crippen LogP contribution in [0.1, 0.15) is 11.4 Å². The maximum absolute atomic E-state index is 12.0. The number of aromatic amines is 1. The van der Waals surface area contributed by atoms with Crippen LogP contribution in [0.2, 0.25) is 5.02 Å². The highest BCUT2D eigenvalue weighted by Crippen LogP contribution is 2.34. The van der Waals surface area contributed by atoms with Crippen molar-refractivity contribution in [3.8, 4) is 0 Å². The van der Waals surface area contributed by atoms with Gasteiger partial charge in [-0.25, -0.2) is 0 Å². The summed E-state index contributed by atoms with van der Waals surface area (Å²) in [6.07, 6.45) is -4.49. The molecule has 1 aromatic heterocycles. The molecule has 0 aliphatic rings. The number of nitrogens with one attached hydrogen (secondary N) is 1. The molecule has 0 radical (unpaired) electrons. The molecule has 0 spiro atoms. The van der Waals surface area contributed by atoms with E-state index in [9.17, 15) is 13.2 Å². The first-order chi connectivity index (χ1) is 5.46. The number of H-pyrrole nitrogens is 1. The van der Waals surface area contributed by atoms with Gasteiger partial charge >= 0.3 is 6.18 Å². The monoisotopic (exact) mass is 262 g/mol. The molecule has 0 amide bonds. The van der Waals surface area contributed by atoms with E-state index in [1.54, 1.807) is 0 Å². The summed E-state index contributed by atoms with van der Waals surface area (Å²) in [5, 5.41) is 5.07. The van der Waals surface area contributed by atoms with Crippen LogP contribution in [0.3, 0.4) is 0 Å². The van der Waals surface area contributed by atoms with E-state index in [1.807, 2.05) is 0 Å². The molecule has 0 bridgehead atoms. The number of halogens is 5. The summed E-state index contributed by atoms with van der Waals surface area (Å²) >= 11 is 8.33. The van der Waals surface area contributed by atoms with Crippen LogP contribution in [0.4, 0.5) is 13.2 Å². The predicted octanol–water partition coefficient (Wildman–Crippen LogP) is 2.98. The Hall–Kier alpha value is -0.230. The van der Waals surface area contributed by atoms with E-state index in [1.165, 1.54) is 0 Å². The Morgan fingerprint density at radius 2 is 2.08 bits per heavy atom. The zero-order valence-corrected chi connectivity index (χ0v) is 7.89. The van der Waals surface area contributed by atoms with Gasteiger partial charge in [0.25, 0.3) is 0 Å². The minimum atomic E-state index is -4.49. The Morgan fingerprint density at radius 3 is 2.33 bits per heavy atom. The summed E-state index contributed by atoms with van der Waals surface area (Å²) in [5.74, 6) is 0. The first kappa shape index (κ1) is 9.85. The zero-order valence-electron chi connectivity index (χ0n) is 5.54. The summed E-state index contributed by atoms with van der Waals surface area (Å²) in [6.45, 7) is 0. The first-order valence-electron chi connectivity index (χ1n) is 2.82. The standard InChI is InChI=1S/C5H3BrClF3N2/c6-1-2-3(7)4(12-11-2)5(8,9)10/h1H2,(H,11,12). The predicted molar refractivity (Wildman–Crippen MR) is 41.2 cm³/mol. The van der Waals surface area contributed by atoms with Crippen molar-refractivity contribution >= 4 is 27.5 Å². The summed E-state index contributed by atoms with van der Waals surface area (Å²) < 4.78 is 36.0. The van der Waals surface area contributed by atoms with E-state index in [2.05, 4.69) is 26.1 Å². The Labute approximate surface area is 79.2 Å². The van der Waals surface area contributed by atoms with Crippen LogP contribution in [-0.2, 0) is 11.5 Å². The number of hydrogen-bond acceptors (Lipinski definition) is 1. The molecule has 0 unspecified atom stereocenters. The fraction of sp³-hybridized carbons (Fsp3) is 0.400. The summed E-state index contributed by atoms with van der Waals surface area (Å²) in [5.41, 5.74) is -0.845. The third-order valence-electron chi connectivity index (χ3n) is 1.18. The molecule has 0 aromatic carbocycles. The van der Waals surface area contributed by atoms with Gasteiger partial charge in [0, 0.05) is 5.33 Å². The van der Waals surface area contributed by atoms with Crippen LogP contribution in [0.25, 0.3) is 0 Å². The lowest BCUT2D eigenvalue weighted by Crippen LogP contribution is -2.05. The van der Waals surface area contributed by atoms with Crippen LogP contribution in [0, 0.1) is 0 Å². The van der Waals surface area contributed by atoms with E-state index in [-0.39, 0.29) is 16.0 Å². The second kappa shape index (κ2) is 3.26. The second-order valence-corrected chi connectivity index (χ2v) is 2.93. The second-order valence-electron chi connectivity index (χ2n) is 2.00.